The van der Waals surface area contributed by atoms with Gasteiger partial charge in [0.05, 0.1) is 25.3 Å². The molecule has 1 aromatic heterocycles. The van der Waals surface area contributed by atoms with Crippen LogP contribution in [0.5, 0.6) is 5.75 Å². The largest absolute Gasteiger partial charge is 0.503 e. The van der Waals surface area contributed by atoms with Gasteiger partial charge in [-0.1, -0.05) is 41.9 Å². The molecule has 7 nitrogen and oxygen atoms in total. The van der Waals surface area contributed by atoms with Gasteiger partial charge in [-0.15, -0.1) is 0 Å². The summed E-state index contributed by atoms with van der Waals surface area (Å²) >= 11 is 6.11. The maximum atomic E-state index is 13.5. The molecule has 0 saturated heterocycles. The Labute approximate surface area is 183 Å². The van der Waals surface area contributed by atoms with E-state index in [1.807, 2.05) is 6.07 Å². The standard InChI is InChI=1S/C23H20ClNO6/c1-29-9-8-25-19(13-6-4-3-5-7-13)18(21(27)23(25)28)20(26)16-11-14-10-15(24)12-17(30-2)22(14)31-16/h3-7,10-12,19,27H,8-9H2,1-2H3. The van der Waals surface area contributed by atoms with E-state index in [0.29, 0.717) is 27.3 Å². The number of benzene rings is 2. The summed E-state index contributed by atoms with van der Waals surface area (Å²) in [6, 6.07) is 13.0. The number of fused-ring (bicyclic) bond motifs is 1. The zero-order chi connectivity index (χ0) is 22.1. The fourth-order valence-corrected chi connectivity index (χ4v) is 3.99. The first kappa shape index (κ1) is 21.0. The van der Waals surface area contributed by atoms with Crippen molar-refractivity contribution in [2.45, 2.75) is 6.04 Å². The number of carbonyl (C=O) groups excluding carboxylic acids is 2. The number of amides is 1. The lowest BCUT2D eigenvalue weighted by Gasteiger charge is -2.26. The normalized spacial score (nSPS) is 16.4. The second-order valence-corrected chi connectivity index (χ2v) is 7.47. The van der Waals surface area contributed by atoms with Crippen LogP contribution in [0.3, 0.4) is 0 Å². The van der Waals surface area contributed by atoms with Gasteiger partial charge in [-0.25, -0.2) is 0 Å². The van der Waals surface area contributed by atoms with Crippen molar-refractivity contribution >= 4 is 34.3 Å². The summed E-state index contributed by atoms with van der Waals surface area (Å²) in [4.78, 5) is 27.7. The number of aliphatic hydroxyl groups is 1. The number of hydrogen-bond acceptors (Lipinski definition) is 6. The number of carbonyl (C=O) groups is 2. The number of methoxy groups -OCH3 is 2. The zero-order valence-corrected chi connectivity index (χ0v) is 17.7. The molecule has 1 aliphatic heterocycles. The summed E-state index contributed by atoms with van der Waals surface area (Å²) in [5.41, 5.74) is 1.000. The van der Waals surface area contributed by atoms with Gasteiger partial charge in [0.1, 0.15) is 0 Å². The van der Waals surface area contributed by atoms with Crippen molar-refractivity contribution in [3.8, 4) is 5.75 Å². The summed E-state index contributed by atoms with van der Waals surface area (Å²) in [6.45, 7) is 0.462. The van der Waals surface area contributed by atoms with Crippen molar-refractivity contribution < 1.29 is 28.6 Å². The molecule has 0 spiro atoms. The lowest BCUT2D eigenvalue weighted by atomic mass is 9.95. The Balaban J connectivity index is 1.81. The van der Waals surface area contributed by atoms with E-state index in [4.69, 9.17) is 25.5 Å². The summed E-state index contributed by atoms with van der Waals surface area (Å²) in [5.74, 6) is -1.47. The van der Waals surface area contributed by atoms with Gasteiger partial charge in [0.15, 0.2) is 22.9 Å². The summed E-state index contributed by atoms with van der Waals surface area (Å²) < 4.78 is 16.2. The molecule has 1 N–H and O–H groups in total. The van der Waals surface area contributed by atoms with Crippen molar-refractivity contribution in [1.82, 2.24) is 4.90 Å². The molecule has 2 heterocycles. The van der Waals surface area contributed by atoms with Crippen LogP contribution in [0.2, 0.25) is 5.02 Å². The average Bonchev–Trinajstić information content (AvgIpc) is 3.31. The van der Waals surface area contributed by atoms with Crippen molar-refractivity contribution in [3.05, 3.63) is 76.2 Å². The van der Waals surface area contributed by atoms with E-state index in [0.717, 1.165) is 0 Å². The van der Waals surface area contributed by atoms with Crippen molar-refractivity contribution in [3.63, 3.8) is 0 Å². The first-order valence-corrected chi connectivity index (χ1v) is 9.93. The minimum Gasteiger partial charge on any atom is -0.503 e. The highest BCUT2D eigenvalue weighted by Crippen LogP contribution is 2.40. The van der Waals surface area contributed by atoms with Crippen molar-refractivity contribution in [2.75, 3.05) is 27.4 Å². The number of furan rings is 1. The SMILES string of the molecule is COCCN1C(=O)C(O)=C(C(=O)c2cc3cc(Cl)cc(OC)c3o2)C1c1ccccc1. The lowest BCUT2D eigenvalue weighted by molar-refractivity contribution is -0.130. The van der Waals surface area contributed by atoms with Crippen molar-refractivity contribution in [1.29, 1.82) is 0 Å². The minimum absolute atomic E-state index is 0.0283. The number of hydrogen-bond donors (Lipinski definition) is 1. The Morgan fingerprint density at radius 1 is 1.19 bits per heavy atom. The van der Waals surface area contributed by atoms with Gasteiger partial charge in [0, 0.05) is 30.1 Å². The molecule has 0 fully saturated rings. The molecule has 4 rings (SSSR count). The second-order valence-electron chi connectivity index (χ2n) is 7.03. The molecule has 1 atom stereocenters. The topological polar surface area (TPSA) is 89.2 Å². The summed E-state index contributed by atoms with van der Waals surface area (Å²) in [7, 11) is 2.99. The third kappa shape index (κ3) is 3.66. The minimum atomic E-state index is -0.768. The number of ether oxygens (including phenoxy) is 2. The van der Waals surface area contributed by atoms with Crippen LogP contribution in [0, 0.1) is 0 Å². The highest BCUT2D eigenvalue weighted by atomic mass is 35.5. The van der Waals surface area contributed by atoms with Crippen molar-refractivity contribution in [2.24, 2.45) is 0 Å². The molecular formula is C23H20ClNO6. The average molecular weight is 442 g/mol. The Morgan fingerprint density at radius 2 is 1.94 bits per heavy atom. The number of rotatable bonds is 7. The molecule has 0 radical (unpaired) electrons. The highest BCUT2D eigenvalue weighted by molar-refractivity contribution is 6.31. The maximum absolute atomic E-state index is 13.5. The highest BCUT2D eigenvalue weighted by Gasteiger charge is 2.44. The molecule has 8 heteroatoms. The number of halogens is 1. The molecule has 31 heavy (non-hydrogen) atoms. The van der Waals surface area contributed by atoms with Gasteiger partial charge >= 0.3 is 0 Å². The third-order valence-electron chi connectivity index (χ3n) is 5.19. The summed E-state index contributed by atoms with van der Waals surface area (Å²) in [6.07, 6.45) is 0. The fourth-order valence-electron chi connectivity index (χ4n) is 3.77. The number of aliphatic hydroxyl groups excluding tert-OH is 1. The van der Waals surface area contributed by atoms with Gasteiger partial charge in [0.2, 0.25) is 5.78 Å². The van der Waals surface area contributed by atoms with E-state index in [2.05, 4.69) is 0 Å². The second kappa shape index (κ2) is 8.45. The quantitative estimate of drug-likeness (QED) is 0.549. The van der Waals surface area contributed by atoms with Gasteiger partial charge < -0.3 is 23.9 Å². The fraction of sp³-hybridized carbons (Fsp3) is 0.217. The smallest absolute Gasteiger partial charge is 0.290 e. The van der Waals surface area contributed by atoms with E-state index < -0.39 is 23.5 Å². The number of Topliss-reactive ketones (excluding diaryl/α,β-unsaturated/α-hetero) is 1. The predicted octanol–water partition coefficient (Wildman–Crippen LogP) is 4.32. The maximum Gasteiger partial charge on any atom is 0.290 e. The van der Waals surface area contributed by atoms with E-state index in [9.17, 15) is 14.7 Å². The van der Waals surface area contributed by atoms with Gasteiger partial charge in [0.25, 0.3) is 5.91 Å². The van der Waals surface area contributed by atoms with Crippen LogP contribution in [0.15, 0.2) is 64.3 Å². The lowest BCUT2D eigenvalue weighted by Crippen LogP contribution is -2.33. The van der Waals surface area contributed by atoms with E-state index in [1.165, 1.54) is 25.2 Å². The van der Waals surface area contributed by atoms with Crippen LogP contribution in [0.4, 0.5) is 0 Å². The molecular weight excluding hydrogens is 422 g/mol. The molecule has 0 bridgehead atoms. The molecule has 1 aliphatic rings. The van der Waals surface area contributed by atoms with Crippen LogP contribution in [-0.4, -0.2) is 49.1 Å². The van der Waals surface area contributed by atoms with Gasteiger partial charge in [-0.3, -0.25) is 9.59 Å². The number of nitrogens with zero attached hydrogens (tertiary/aromatic N) is 1. The van der Waals surface area contributed by atoms with Crippen LogP contribution >= 0.6 is 11.6 Å². The first-order valence-electron chi connectivity index (χ1n) is 9.56. The van der Waals surface area contributed by atoms with E-state index in [-0.39, 0.29) is 24.5 Å². The Morgan fingerprint density at radius 3 is 2.61 bits per heavy atom. The zero-order valence-electron chi connectivity index (χ0n) is 16.9. The van der Waals surface area contributed by atoms with Crippen LogP contribution in [0.1, 0.15) is 22.2 Å². The van der Waals surface area contributed by atoms with Crippen LogP contribution < -0.4 is 4.74 Å². The number of ketones is 1. The first-order chi connectivity index (χ1) is 15.0. The van der Waals surface area contributed by atoms with Gasteiger partial charge in [-0.05, 0) is 17.7 Å². The Kier molecular flexibility index (Phi) is 5.71. The molecule has 1 amide bonds. The van der Waals surface area contributed by atoms with Gasteiger partial charge in [-0.2, -0.15) is 0 Å². The Bertz CT molecular complexity index is 1180. The molecule has 160 valence electrons. The molecule has 2 aromatic carbocycles. The van der Waals surface area contributed by atoms with E-state index >= 15 is 0 Å². The van der Waals surface area contributed by atoms with E-state index in [1.54, 1.807) is 36.4 Å². The molecule has 1 unspecified atom stereocenters. The molecule has 3 aromatic rings. The molecule has 0 saturated carbocycles. The van der Waals surface area contributed by atoms with Crippen LogP contribution in [0.25, 0.3) is 11.0 Å². The van der Waals surface area contributed by atoms with Crippen LogP contribution in [-0.2, 0) is 9.53 Å². The Hall–Kier alpha value is -3.29. The monoisotopic (exact) mass is 441 g/mol. The predicted molar refractivity (Wildman–Crippen MR) is 115 cm³/mol. The third-order valence-corrected chi connectivity index (χ3v) is 5.41. The molecule has 0 aliphatic carbocycles. The summed E-state index contributed by atoms with van der Waals surface area (Å²) in [5, 5.41) is 11.6.